The van der Waals surface area contributed by atoms with Gasteiger partial charge in [-0.25, -0.2) is 13.2 Å². The Kier molecular flexibility index (Phi) is 5.47. The summed E-state index contributed by atoms with van der Waals surface area (Å²) < 4.78 is 25.6. The van der Waals surface area contributed by atoms with E-state index in [1.807, 2.05) is 0 Å². The number of aromatic nitrogens is 2. The average molecular weight is 343 g/mol. The Balaban J connectivity index is 2.16. The lowest BCUT2D eigenvalue weighted by atomic mass is 10.2. The Morgan fingerprint density at radius 1 is 1.05 bits per heavy atom. The molecule has 0 aliphatic carbocycles. The normalized spacial score (nSPS) is 11.7. The van der Waals surface area contributed by atoms with Gasteiger partial charge in [-0.2, -0.15) is 0 Å². The van der Waals surface area contributed by atoms with Gasteiger partial charge in [0.05, 0.1) is 10.6 Å². The Hall–Kier alpha value is -1.53. The van der Waals surface area contributed by atoms with Gasteiger partial charge in [0.15, 0.2) is 0 Å². The Bertz CT molecular complexity index is 776. The smallest absolute Gasteiger partial charge is 0.299 e. The number of benzene rings is 1. The topological polar surface area (TPSA) is 61.1 Å². The lowest BCUT2D eigenvalue weighted by molar-refractivity contribution is 0.568. The summed E-state index contributed by atoms with van der Waals surface area (Å²) in [4.78, 5) is 12.3. The maximum atomic E-state index is 12.3. The maximum absolute atomic E-state index is 12.3. The largest absolute Gasteiger partial charge is 0.332 e. The van der Waals surface area contributed by atoms with Gasteiger partial charge in [0.2, 0.25) is 0 Å². The average Bonchev–Trinajstić information content (AvgIpc) is 2.84. The van der Waals surface area contributed by atoms with Crippen LogP contribution < -0.4 is 5.69 Å². The number of rotatable bonds is 7. The van der Waals surface area contributed by atoms with Gasteiger partial charge in [0, 0.05) is 29.6 Å². The fourth-order valence-corrected chi connectivity index (χ4v) is 3.03. The van der Waals surface area contributed by atoms with Crippen molar-refractivity contribution in [2.75, 3.05) is 0 Å². The number of unbranched alkanes of at least 4 members (excludes halogenated alkanes) is 3. The molecule has 22 heavy (non-hydrogen) atoms. The van der Waals surface area contributed by atoms with E-state index in [0.29, 0.717) is 12.2 Å². The molecule has 1 aromatic heterocycles. The molecule has 120 valence electrons. The summed E-state index contributed by atoms with van der Waals surface area (Å²) in [5, 5.41) is 0. The van der Waals surface area contributed by atoms with E-state index in [4.69, 9.17) is 10.7 Å². The first kappa shape index (κ1) is 16.8. The third-order valence-electron chi connectivity index (χ3n) is 3.50. The van der Waals surface area contributed by atoms with Crippen LogP contribution >= 0.6 is 10.7 Å². The van der Waals surface area contributed by atoms with Crippen LogP contribution in [0.15, 0.2) is 46.3 Å². The molecule has 1 heterocycles. The van der Waals surface area contributed by atoms with E-state index in [-0.39, 0.29) is 10.6 Å². The van der Waals surface area contributed by atoms with Gasteiger partial charge in [-0.05, 0) is 30.7 Å². The second-order valence-electron chi connectivity index (χ2n) is 5.14. The highest BCUT2D eigenvalue weighted by Gasteiger charge is 2.10. The van der Waals surface area contributed by atoms with E-state index < -0.39 is 9.05 Å². The van der Waals surface area contributed by atoms with Crippen molar-refractivity contribution in [1.29, 1.82) is 0 Å². The van der Waals surface area contributed by atoms with E-state index in [1.165, 1.54) is 23.1 Å². The molecule has 5 nitrogen and oxygen atoms in total. The van der Waals surface area contributed by atoms with E-state index in [0.717, 1.165) is 19.3 Å². The van der Waals surface area contributed by atoms with Gasteiger partial charge in [0.25, 0.3) is 9.05 Å². The van der Waals surface area contributed by atoms with E-state index in [2.05, 4.69) is 6.92 Å². The lowest BCUT2D eigenvalue weighted by Crippen LogP contribution is -2.23. The molecule has 0 saturated carbocycles. The predicted molar refractivity (Wildman–Crippen MR) is 87.2 cm³/mol. The second kappa shape index (κ2) is 7.15. The Labute approximate surface area is 134 Å². The number of halogens is 1. The third kappa shape index (κ3) is 4.01. The standard InChI is InChI=1S/C15H19ClN2O3S/c1-2-3-4-5-10-17-11-12-18(15(17)19)13-6-8-14(9-7-13)22(16,20)21/h6-9,11-12H,2-5,10H2,1H3. The summed E-state index contributed by atoms with van der Waals surface area (Å²) in [6.07, 6.45) is 7.85. The minimum atomic E-state index is -3.74. The molecule has 2 rings (SSSR count). The molecule has 0 bridgehead atoms. The Morgan fingerprint density at radius 3 is 2.32 bits per heavy atom. The van der Waals surface area contributed by atoms with Crippen LogP contribution in [0.2, 0.25) is 0 Å². The van der Waals surface area contributed by atoms with Gasteiger partial charge in [-0.15, -0.1) is 0 Å². The molecule has 0 unspecified atom stereocenters. The fourth-order valence-electron chi connectivity index (χ4n) is 2.26. The van der Waals surface area contributed by atoms with Crippen LogP contribution in [0.25, 0.3) is 5.69 Å². The summed E-state index contributed by atoms with van der Waals surface area (Å²) >= 11 is 0. The van der Waals surface area contributed by atoms with Gasteiger partial charge in [-0.1, -0.05) is 26.2 Å². The van der Waals surface area contributed by atoms with Crippen LogP contribution in [0.4, 0.5) is 0 Å². The molecule has 1 aromatic carbocycles. The summed E-state index contributed by atoms with van der Waals surface area (Å²) in [5.41, 5.74) is 0.486. The molecular weight excluding hydrogens is 324 g/mol. The maximum Gasteiger partial charge on any atom is 0.332 e. The molecular formula is C15H19ClN2O3S. The summed E-state index contributed by atoms with van der Waals surface area (Å²) in [5.74, 6) is 0. The van der Waals surface area contributed by atoms with Crippen LogP contribution in [0.1, 0.15) is 32.6 Å². The van der Waals surface area contributed by atoms with Crippen molar-refractivity contribution in [2.24, 2.45) is 0 Å². The molecule has 0 aliphatic heterocycles. The van der Waals surface area contributed by atoms with Crippen molar-refractivity contribution in [3.63, 3.8) is 0 Å². The van der Waals surface area contributed by atoms with E-state index in [9.17, 15) is 13.2 Å². The highest BCUT2D eigenvalue weighted by atomic mass is 35.7. The summed E-state index contributed by atoms with van der Waals surface area (Å²) in [7, 11) is 1.53. The van der Waals surface area contributed by atoms with Crippen LogP contribution in [-0.4, -0.2) is 17.6 Å². The van der Waals surface area contributed by atoms with Crippen LogP contribution in [0.5, 0.6) is 0 Å². The van der Waals surface area contributed by atoms with E-state index >= 15 is 0 Å². The molecule has 0 N–H and O–H groups in total. The molecule has 0 spiro atoms. The number of hydrogen-bond acceptors (Lipinski definition) is 3. The van der Waals surface area contributed by atoms with Crippen molar-refractivity contribution in [3.05, 3.63) is 47.1 Å². The first-order valence-electron chi connectivity index (χ1n) is 7.26. The zero-order valence-corrected chi connectivity index (χ0v) is 14.0. The monoisotopic (exact) mass is 342 g/mol. The van der Waals surface area contributed by atoms with Crippen molar-refractivity contribution in [1.82, 2.24) is 9.13 Å². The first-order chi connectivity index (χ1) is 10.4. The quantitative estimate of drug-likeness (QED) is 0.573. The fraction of sp³-hybridized carbons (Fsp3) is 0.400. The van der Waals surface area contributed by atoms with Crippen molar-refractivity contribution < 1.29 is 8.42 Å². The van der Waals surface area contributed by atoms with Crippen LogP contribution in [-0.2, 0) is 15.6 Å². The van der Waals surface area contributed by atoms with Crippen LogP contribution in [0.3, 0.4) is 0 Å². The van der Waals surface area contributed by atoms with Crippen molar-refractivity contribution in [2.45, 2.75) is 44.0 Å². The summed E-state index contributed by atoms with van der Waals surface area (Å²) in [6, 6.07) is 5.92. The van der Waals surface area contributed by atoms with Crippen LogP contribution in [0, 0.1) is 0 Å². The molecule has 0 atom stereocenters. The zero-order valence-electron chi connectivity index (χ0n) is 12.4. The molecule has 0 radical (unpaired) electrons. The van der Waals surface area contributed by atoms with Crippen molar-refractivity contribution in [3.8, 4) is 5.69 Å². The molecule has 0 fully saturated rings. The number of nitrogens with zero attached hydrogens (tertiary/aromatic N) is 2. The molecule has 0 amide bonds. The minimum Gasteiger partial charge on any atom is -0.299 e. The molecule has 2 aromatic rings. The zero-order chi connectivity index (χ0) is 16.2. The number of aryl methyl sites for hydroxylation is 1. The first-order valence-corrected chi connectivity index (χ1v) is 9.57. The van der Waals surface area contributed by atoms with E-state index in [1.54, 1.807) is 29.1 Å². The van der Waals surface area contributed by atoms with Gasteiger partial charge in [-0.3, -0.25) is 9.13 Å². The molecule has 7 heteroatoms. The summed E-state index contributed by atoms with van der Waals surface area (Å²) in [6.45, 7) is 2.84. The van der Waals surface area contributed by atoms with Gasteiger partial charge in [0.1, 0.15) is 0 Å². The van der Waals surface area contributed by atoms with Gasteiger partial charge < -0.3 is 0 Å². The number of imidazole rings is 1. The second-order valence-corrected chi connectivity index (χ2v) is 7.70. The lowest BCUT2D eigenvalue weighted by Gasteiger charge is -2.03. The predicted octanol–water partition coefficient (Wildman–Crippen LogP) is 3.15. The third-order valence-corrected chi connectivity index (χ3v) is 4.87. The highest BCUT2D eigenvalue weighted by Crippen LogP contribution is 2.16. The molecule has 0 aliphatic rings. The molecule has 0 saturated heterocycles. The van der Waals surface area contributed by atoms with Crippen molar-refractivity contribution >= 4 is 19.7 Å². The minimum absolute atomic E-state index is 0.0185. The van der Waals surface area contributed by atoms with Gasteiger partial charge >= 0.3 is 5.69 Å². The Morgan fingerprint density at radius 2 is 1.73 bits per heavy atom. The SMILES string of the molecule is CCCCCCn1ccn(-c2ccc(S(=O)(=O)Cl)cc2)c1=O. The number of hydrogen-bond donors (Lipinski definition) is 0. The highest BCUT2D eigenvalue weighted by molar-refractivity contribution is 8.13.